The predicted molar refractivity (Wildman–Crippen MR) is 93.7 cm³/mol. The molecule has 1 aromatic heterocycles. The summed E-state index contributed by atoms with van der Waals surface area (Å²) < 4.78 is 5.74. The third-order valence-corrected chi connectivity index (χ3v) is 4.89. The molecular formula is C19H27N3O3. The first-order valence-corrected chi connectivity index (χ1v) is 9.06. The molecule has 0 N–H and O–H groups in total. The van der Waals surface area contributed by atoms with Crippen molar-refractivity contribution in [3.8, 4) is 0 Å². The highest BCUT2D eigenvalue weighted by atomic mass is 16.5. The van der Waals surface area contributed by atoms with Crippen molar-refractivity contribution in [3.63, 3.8) is 0 Å². The van der Waals surface area contributed by atoms with E-state index in [1.807, 2.05) is 24.1 Å². The first kappa shape index (κ1) is 17.9. The van der Waals surface area contributed by atoms with Gasteiger partial charge in [0, 0.05) is 32.0 Å². The third kappa shape index (κ3) is 4.00. The van der Waals surface area contributed by atoms with E-state index in [0.29, 0.717) is 12.5 Å². The van der Waals surface area contributed by atoms with Crippen LogP contribution in [0.15, 0.2) is 24.5 Å². The van der Waals surface area contributed by atoms with Crippen molar-refractivity contribution in [3.05, 3.63) is 30.1 Å². The molecule has 2 heterocycles. The van der Waals surface area contributed by atoms with Crippen LogP contribution in [0, 0.1) is 5.92 Å². The van der Waals surface area contributed by atoms with Gasteiger partial charge >= 0.3 is 0 Å². The Hall–Kier alpha value is -1.95. The summed E-state index contributed by atoms with van der Waals surface area (Å²) in [5, 5.41) is 0. The summed E-state index contributed by atoms with van der Waals surface area (Å²) in [6, 6.07) is 3.58. The average Bonchev–Trinajstić information content (AvgIpc) is 3.44. The second-order valence-corrected chi connectivity index (χ2v) is 7.44. The summed E-state index contributed by atoms with van der Waals surface area (Å²) in [6.45, 7) is 4.94. The van der Waals surface area contributed by atoms with Gasteiger partial charge in [0.05, 0.1) is 6.04 Å². The Bertz CT molecular complexity index is 616. The number of rotatable bonds is 6. The summed E-state index contributed by atoms with van der Waals surface area (Å²) >= 11 is 0. The van der Waals surface area contributed by atoms with Gasteiger partial charge in [-0.15, -0.1) is 0 Å². The Morgan fingerprint density at radius 3 is 2.80 bits per heavy atom. The van der Waals surface area contributed by atoms with E-state index in [-0.39, 0.29) is 24.5 Å². The van der Waals surface area contributed by atoms with E-state index >= 15 is 0 Å². The van der Waals surface area contributed by atoms with Crippen LogP contribution < -0.4 is 0 Å². The maximum atomic E-state index is 13.0. The van der Waals surface area contributed by atoms with Gasteiger partial charge in [-0.3, -0.25) is 14.6 Å². The lowest BCUT2D eigenvalue weighted by Crippen LogP contribution is -2.55. The minimum Gasteiger partial charge on any atom is -0.356 e. The van der Waals surface area contributed by atoms with Crippen LogP contribution in [0.5, 0.6) is 0 Å². The Morgan fingerprint density at radius 2 is 2.20 bits per heavy atom. The summed E-state index contributed by atoms with van der Waals surface area (Å²) in [7, 11) is 1.81. The van der Waals surface area contributed by atoms with Gasteiger partial charge in [-0.05, 0) is 36.8 Å². The highest BCUT2D eigenvalue weighted by Crippen LogP contribution is 2.39. The number of aromatic nitrogens is 1. The van der Waals surface area contributed by atoms with Gasteiger partial charge in [0.15, 0.2) is 6.10 Å². The lowest BCUT2D eigenvalue weighted by molar-refractivity contribution is -0.169. The van der Waals surface area contributed by atoms with Crippen LogP contribution in [0.4, 0.5) is 0 Å². The number of carbonyl (C=O) groups excluding carboxylic acids is 2. The molecule has 0 aromatic carbocycles. The fraction of sp³-hybridized carbons (Fsp3) is 0.632. The van der Waals surface area contributed by atoms with Crippen LogP contribution in [0.3, 0.4) is 0 Å². The molecule has 25 heavy (non-hydrogen) atoms. The molecule has 1 saturated heterocycles. The highest BCUT2D eigenvalue weighted by molar-refractivity contribution is 5.86. The number of amides is 2. The molecule has 2 unspecified atom stereocenters. The molecule has 0 bridgehead atoms. The lowest BCUT2D eigenvalue weighted by atomic mass is 9.97. The van der Waals surface area contributed by atoms with Crippen LogP contribution in [0.1, 0.15) is 44.7 Å². The Labute approximate surface area is 149 Å². The first-order chi connectivity index (χ1) is 12.0. The van der Waals surface area contributed by atoms with E-state index in [2.05, 4.69) is 18.8 Å². The largest absolute Gasteiger partial charge is 0.356 e. The van der Waals surface area contributed by atoms with Gasteiger partial charge in [0.25, 0.3) is 5.91 Å². The number of likely N-dealkylation sites (N-methyl/N-ethyl adjacent to an activating group) is 1. The highest BCUT2D eigenvalue weighted by Gasteiger charge is 2.48. The molecule has 1 saturated carbocycles. The number of hydrogen-bond donors (Lipinski definition) is 0. The smallest absolute Gasteiger partial charge is 0.253 e. The normalized spacial score (nSPS) is 23.8. The van der Waals surface area contributed by atoms with Crippen molar-refractivity contribution in [2.75, 3.05) is 20.2 Å². The summed E-state index contributed by atoms with van der Waals surface area (Å²) in [5.41, 5.74) is 0.859. The lowest BCUT2D eigenvalue weighted by Gasteiger charge is -2.41. The average molecular weight is 345 g/mol. The number of nitrogens with zero attached hydrogens (tertiary/aromatic N) is 3. The second-order valence-electron chi connectivity index (χ2n) is 7.44. The van der Waals surface area contributed by atoms with E-state index in [9.17, 15) is 9.59 Å². The topological polar surface area (TPSA) is 62.7 Å². The molecule has 1 aliphatic carbocycles. The number of pyridine rings is 1. The van der Waals surface area contributed by atoms with E-state index in [4.69, 9.17) is 4.74 Å². The number of ether oxygens (including phenoxy) is 1. The maximum absolute atomic E-state index is 13.0. The molecule has 1 aliphatic heterocycles. The molecule has 2 fully saturated rings. The van der Waals surface area contributed by atoms with Gasteiger partial charge in [-0.2, -0.15) is 0 Å². The van der Waals surface area contributed by atoms with Crippen molar-refractivity contribution in [2.45, 2.75) is 51.3 Å². The van der Waals surface area contributed by atoms with Gasteiger partial charge in [-0.25, -0.2) is 0 Å². The van der Waals surface area contributed by atoms with Crippen LogP contribution in [-0.2, 0) is 14.3 Å². The van der Waals surface area contributed by atoms with Crippen LogP contribution >= 0.6 is 0 Å². The molecule has 2 aliphatic rings. The summed E-state index contributed by atoms with van der Waals surface area (Å²) in [5.74, 6) is 0.430. The zero-order chi connectivity index (χ0) is 18.0. The summed E-state index contributed by atoms with van der Waals surface area (Å²) in [6.07, 6.45) is 5.69. The van der Waals surface area contributed by atoms with Gasteiger partial charge < -0.3 is 14.5 Å². The SMILES string of the molecule is CC(C)CCN(C)C(=O)C1OCC(=O)N(C2CC2)C1c1cccnc1. The van der Waals surface area contributed by atoms with Gasteiger partial charge in [-0.1, -0.05) is 19.9 Å². The maximum Gasteiger partial charge on any atom is 0.253 e. The Balaban J connectivity index is 1.85. The standard InChI is InChI=1S/C19H27N3O3/c1-13(2)8-10-21(3)19(24)18-17(14-5-4-9-20-11-14)22(15-6-7-15)16(23)12-25-18/h4-5,9,11,13,15,17-18H,6-8,10,12H2,1-3H3. The molecule has 2 atom stereocenters. The van der Waals surface area contributed by atoms with Crippen molar-refractivity contribution in [1.82, 2.24) is 14.8 Å². The van der Waals surface area contributed by atoms with E-state index in [1.165, 1.54) is 0 Å². The molecular weight excluding hydrogens is 318 g/mol. The minimum absolute atomic E-state index is 0.0261. The molecule has 0 radical (unpaired) electrons. The minimum atomic E-state index is -0.667. The van der Waals surface area contributed by atoms with E-state index in [1.54, 1.807) is 17.3 Å². The van der Waals surface area contributed by atoms with E-state index in [0.717, 1.165) is 24.8 Å². The van der Waals surface area contributed by atoms with Crippen LogP contribution in [0.25, 0.3) is 0 Å². The molecule has 6 heteroatoms. The fourth-order valence-electron chi connectivity index (χ4n) is 3.28. The molecule has 3 rings (SSSR count). The molecule has 136 valence electrons. The van der Waals surface area contributed by atoms with E-state index < -0.39 is 12.1 Å². The quantitative estimate of drug-likeness (QED) is 0.791. The zero-order valence-electron chi connectivity index (χ0n) is 15.2. The van der Waals surface area contributed by atoms with Crippen molar-refractivity contribution >= 4 is 11.8 Å². The van der Waals surface area contributed by atoms with Gasteiger partial charge in [0.1, 0.15) is 6.61 Å². The predicted octanol–water partition coefficient (Wildman–Crippen LogP) is 2.02. The molecule has 6 nitrogen and oxygen atoms in total. The number of morpholine rings is 1. The Kier molecular flexibility index (Phi) is 5.37. The third-order valence-electron chi connectivity index (χ3n) is 4.89. The monoisotopic (exact) mass is 345 g/mol. The van der Waals surface area contributed by atoms with Crippen molar-refractivity contribution < 1.29 is 14.3 Å². The van der Waals surface area contributed by atoms with Crippen molar-refractivity contribution in [2.24, 2.45) is 5.92 Å². The Morgan fingerprint density at radius 1 is 1.44 bits per heavy atom. The van der Waals surface area contributed by atoms with Crippen LogP contribution in [-0.4, -0.2) is 58.9 Å². The molecule has 0 spiro atoms. The van der Waals surface area contributed by atoms with Gasteiger partial charge in [0.2, 0.25) is 5.91 Å². The van der Waals surface area contributed by atoms with Crippen LogP contribution in [0.2, 0.25) is 0 Å². The molecule has 2 amide bonds. The number of carbonyl (C=O) groups is 2. The summed E-state index contributed by atoms with van der Waals surface area (Å²) in [4.78, 5) is 33.3. The van der Waals surface area contributed by atoms with Crippen molar-refractivity contribution in [1.29, 1.82) is 0 Å². The fourth-order valence-corrected chi connectivity index (χ4v) is 3.28. The first-order valence-electron chi connectivity index (χ1n) is 9.06. The number of hydrogen-bond acceptors (Lipinski definition) is 4. The second kappa shape index (κ2) is 7.52. The molecule has 1 aromatic rings. The zero-order valence-corrected chi connectivity index (χ0v) is 15.2.